The predicted molar refractivity (Wildman–Crippen MR) is 67.8 cm³/mol. The number of amides is 2. The van der Waals surface area contributed by atoms with Gasteiger partial charge in [-0.15, -0.1) is 11.3 Å². The minimum Gasteiger partial charge on any atom is -0.375 e. The van der Waals surface area contributed by atoms with Crippen LogP contribution in [0.1, 0.15) is 11.3 Å². The van der Waals surface area contributed by atoms with Crippen LogP contribution >= 0.6 is 11.3 Å². The smallest absolute Gasteiger partial charge is 0.314 e. The highest BCUT2D eigenvalue weighted by atomic mass is 32.1. The van der Waals surface area contributed by atoms with Gasteiger partial charge in [-0.3, -0.25) is 4.90 Å². The number of anilines is 1. The van der Waals surface area contributed by atoms with Crippen LogP contribution in [0.25, 0.3) is 0 Å². The fourth-order valence-corrected chi connectivity index (χ4v) is 2.69. The average Bonchev–Trinajstić information content (AvgIpc) is 2.89. The number of thiazole rings is 1. The quantitative estimate of drug-likeness (QED) is 0.722. The largest absolute Gasteiger partial charge is 0.375 e. The summed E-state index contributed by atoms with van der Waals surface area (Å²) >= 11 is 1.52. The van der Waals surface area contributed by atoms with E-state index < -0.39 is 0 Å². The van der Waals surface area contributed by atoms with Crippen LogP contribution < -0.4 is 16.4 Å². The van der Waals surface area contributed by atoms with Gasteiger partial charge in [-0.25, -0.2) is 9.78 Å². The van der Waals surface area contributed by atoms with Crippen molar-refractivity contribution in [1.82, 2.24) is 20.5 Å². The van der Waals surface area contributed by atoms with Gasteiger partial charge in [0.25, 0.3) is 0 Å². The second-order valence-corrected chi connectivity index (χ2v) is 5.26. The van der Waals surface area contributed by atoms with E-state index in [1.807, 2.05) is 6.20 Å². The summed E-state index contributed by atoms with van der Waals surface area (Å²) in [5.41, 5.74) is 5.59. The molecule has 1 atom stereocenters. The Bertz CT molecular complexity index is 394. The molecule has 1 aliphatic heterocycles. The van der Waals surface area contributed by atoms with Crippen molar-refractivity contribution < 1.29 is 4.79 Å². The molecule has 0 radical (unpaired) electrons. The van der Waals surface area contributed by atoms with Crippen LogP contribution in [0, 0.1) is 0 Å². The summed E-state index contributed by atoms with van der Waals surface area (Å²) in [5, 5.41) is 6.10. The maximum Gasteiger partial charge on any atom is 0.314 e. The van der Waals surface area contributed by atoms with E-state index in [4.69, 9.17) is 5.73 Å². The van der Waals surface area contributed by atoms with Gasteiger partial charge in [0.15, 0.2) is 5.13 Å². The molecule has 0 bridgehead atoms. The van der Waals surface area contributed by atoms with Crippen molar-refractivity contribution >= 4 is 22.5 Å². The maximum atomic E-state index is 11.2. The lowest BCUT2D eigenvalue weighted by Gasteiger charge is -2.15. The van der Waals surface area contributed by atoms with E-state index >= 15 is 0 Å². The number of hydrogen-bond donors (Lipinski definition) is 3. The molecule has 4 N–H and O–H groups in total. The van der Waals surface area contributed by atoms with E-state index in [-0.39, 0.29) is 12.1 Å². The molecule has 2 rings (SSSR count). The van der Waals surface area contributed by atoms with Gasteiger partial charge < -0.3 is 16.4 Å². The molecular weight excluding hydrogens is 238 g/mol. The number of nitrogen functional groups attached to an aromatic ring is 1. The highest BCUT2D eigenvalue weighted by Gasteiger charge is 2.23. The van der Waals surface area contributed by atoms with Crippen LogP contribution in [-0.2, 0) is 6.54 Å². The Kier molecular flexibility index (Phi) is 3.80. The zero-order valence-corrected chi connectivity index (χ0v) is 10.6. The lowest BCUT2D eigenvalue weighted by atomic mass is 10.3. The second kappa shape index (κ2) is 5.33. The Morgan fingerprint density at radius 1 is 1.76 bits per heavy atom. The second-order valence-electron chi connectivity index (χ2n) is 4.11. The van der Waals surface area contributed by atoms with Crippen molar-refractivity contribution in [2.75, 3.05) is 25.9 Å². The van der Waals surface area contributed by atoms with E-state index in [0.29, 0.717) is 5.13 Å². The molecule has 2 amide bonds. The van der Waals surface area contributed by atoms with Gasteiger partial charge in [0.1, 0.15) is 0 Å². The predicted octanol–water partition coefficient (Wildman–Crippen LogP) is 0.229. The number of urea groups is 1. The number of nitrogens with one attached hydrogen (secondary N) is 2. The van der Waals surface area contributed by atoms with E-state index in [9.17, 15) is 4.79 Å². The molecule has 1 saturated heterocycles. The first-order valence-corrected chi connectivity index (χ1v) is 6.40. The minimum atomic E-state index is -0.112. The number of nitrogens with zero attached hydrogens (tertiary/aromatic N) is 2. The molecule has 94 valence electrons. The third-order valence-corrected chi connectivity index (χ3v) is 3.60. The summed E-state index contributed by atoms with van der Waals surface area (Å²) in [7, 11) is 1.63. The van der Waals surface area contributed by atoms with Crippen LogP contribution in [0.4, 0.5) is 9.93 Å². The van der Waals surface area contributed by atoms with Crippen LogP contribution in [0.15, 0.2) is 6.20 Å². The topological polar surface area (TPSA) is 83.3 Å². The molecule has 7 heteroatoms. The highest BCUT2D eigenvalue weighted by molar-refractivity contribution is 7.15. The number of likely N-dealkylation sites (tertiary alicyclic amines) is 1. The van der Waals surface area contributed by atoms with E-state index in [1.54, 1.807) is 7.05 Å². The monoisotopic (exact) mass is 255 g/mol. The molecule has 1 unspecified atom stereocenters. The van der Waals surface area contributed by atoms with Crippen molar-refractivity contribution in [1.29, 1.82) is 0 Å². The summed E-state index contributed by atoms with van der Waals surface area (Å²) in [4.78, 5) is 18.7. The summed E-state index contributed by atoms with van der Waals surface area (Å²) in [6, 6.07) is 0.124. The third kappa shape index (κ3) is 3.31. The Morgan fingerprint density at radius 3 is 3.24 bits per heavy atom. The van der Waals surface area contributed by atoms with Crippen molar-refractivity contribution in [2.24, 2.45) is 0 Å². The lowest BCUT2D eigenvalue weighted by molar-refractivity contribution is 0.238. The molecular formula is C10H17N5OS. The van der Waals surface area contributed by atoms with Gasteiger partial charge in [0.05, 0.1) is 0 Å². The first-order chi connectivity index (χ1) is 8.17. The zero-order chi connectivity index (χ0) is 12.3. The molecule has 17 heavy (non-hydrogen) atoms. The van der Waals surface area contributed by atoms with Crippen molar-refractivity contribution in [3.05, 3.63) is 11.1 Å². The summed E-state index contributed by atoms with van der Waals surface area (Å²) in [6.45, 7) is 2.73. The zero-order valence-electron chi connectivity index (χ0n) is 9.77. The Hall–Kier alpha value is -1.34. The molecule has 0 aromatic carbocycles. The highest BCUT2D eigenvalue weighted by Crippen LogP contribution is 2.19. The molecule has 0 aliphatic carbocycles. The Morgan fingerprint density at radius 2 is 2.59 bits per heavy atom. The van der Waals surface area contributed by atoms with E-state index in [2.05, 4.69) is 20.5 Å². The molecule has 0 saturated carbocycles. The van der Waals surface area contributed by atoms with Crippen molar-refractivity contribution in [3.8, 4) is 0 Å². The third-order valence-electron chi connectivity index (χ3n) is 2.79. The summed E-state index contributed by atoms with van der Waals surface area (Å²) < 4.78 is 0. The van der Waals surface area contributed by atoms with Crippen LogP contribution in [0.3, 0.4) is 0 Å². The number of nitrogens with two attached hydrogens (primary N) is 1. The summed E-state index contributed by atoms with van der Waals surface area (Å²) in [5.74, 6) is 0. The standard InChI is InChI=1S/C10H17N5OS/c1-12-10(16)14-7-2-3-15(5-7)6-8-4-13-9(11)17-8/h4,7H,2-3,5-6H2,1H3,(H2,11,13)(H2,12,14,16). The number of hydrogen-bond acceptors (Lipinski definition) is 5. The first kappa shape index (κ1) is 12.1. The van der Waals surface area contributed by atoms with Gasteiger partial charge in [0.2, 0.25) is 0 Å². The summed E-state index contributed by atoms with van der Waals surface area (Å²) in [6.07, 6.45) is 2.81. The Balaban J connectivity index is 1.80. The maximum absolute atomic E-state index is 11.2. The fourth-order valence-electron chi connectivity index (χ4n) is 1.97. The average molecular weight is 255 g/mol. The number of aromatic nitrogens is 1. The minimum absolute atomic E-state index is 0.112. The van der Waals surface area contributed by atoms with Gasteiger partial charge >= 0.3 is 6.03 Å². The van der Waals surface area contributed by atoms with E-state index in [0.717, 1.165) is 26.1 Å². The van der Waals surface area contributed by atoms with Gasteiger partial charge in [-0.2, -0.15) is 0 Å². The first-order valence-electron chi connectivity index (χ1n) is 5.58. The SMILES string of the molecule is CNC(=O)NC1CCN(Cc2cnc(N)s2)C1. The molecule has 1 aromatic heterocycles. The molecule has 6 nitrogen and oxygen atoms in total. The number of rotatable bonds is 3. The molecule has 1 aliphatic rings. The number of carbonyl (C=O) groups is 1. The molecule has 0 spiro atoms. The van der Waals surface area contributed by atoms with E-state index in [1.165, 1.54) is 16.2 Å². The van der Waals surface area contributed by atoms with Crippen molar-refractivity contribution in [3.63, 3.8) is 0 Å². The van der Waals surface area contributed by atoms with Crippen LogP contribution in [0.2, 0.25) is 0 Å². The van der Waals surface area contributed by atoms with Crippen molar-refractivity contribution in [2.45, 2.75) is 19.0 Å². The van der Waals surface area contributed by atoms with Crippen LogP contribution in [-0.4, -0.2) is 42.1 Å². The lowest BCUT2D eigenvalue weighted by Crippen LogP contribution is -2.41. The van der Waals surface area contributed by atoms with Gasteiger partial charge in [0, 0.05) is 43.8 Å². The number of carbonyl (C=O) groups excluding carboxylic acids is 1. The normalized spacial score (nSPS) is 20.4. The Labute approximate surface area is 104 Å². The molecule has 1 aromatic rings. The molecule has 2 heterocycles. The molecule has 1 fully saturated rings. The van der Waals surface area contributed by atoms with Crippen LogP contribution in [0.5, 0.6) is 0 Å². The van der Waals surface area contributed by atoms with Gasteiger partial charge in [-0.05, 0) is 6.42 Å². The van der Waals surface area contributed by atoms with Gasteiger partial charge in [-0.1, -0.05) is 0 Å². The fraction of sp³-hybridized carbons (Fsp3) is 0.600.